The normalized spacial score (nSPS) is 24.3. The Morgan fingerprint density at radius 3 is 2.32 bits per heavy atom. The lowest BCUT2D eigenvalue weighted by Crippen LogP contribution is -2.55. The van der Waals surface area contributed by atoms with Crippen molar-refractivity contribution in [2.45, 2.75) is 18.4 Å². The van der Waals surface area contributed by atoms with Crippen LogP contribution in [0.25, 0.3) is 0 Å². The number of morpholine rings is 1. The van der Waals surface area contributed by atoms with Gasteiger partial charge in [-0.05, 0) is 43.6 Å². The highest BCUT2D eigenvalue weighted by atomic mass is 19.1. The summed E-state index contributed by atoms with van der Waals surface area (Å²) in [6.07, 6.45) is 2.16. The molecule has 0 spiro atoms. The molecule has 2 saturated heterocycles. The van der Waals surface area contributed by atoms with Gasteiger partial charge in [-0.2, -0.15) is 0 Å². The molecule has 0 atom stereocenters. The maximum Gasteiger partial charge on any atom is 0.123 e. The number of nitrogens with zero attached hydrogens (tertiary/aromatic N) is 1. The number of hydrogen-bond donors (Lipinski definition) is 1. The topological polar surface area (TPSA) is 24.5 Å². The molecule has 1 aromatic rings. The van der Waals surface area contributed by atoms with Crippen LogP contribution >= 0.6 is 0 Å². The average Bonchev–Trinajstić information content (AvgIpc) is 2.49. The minimum absolute atomic E-state index is 0.0583. The van der Waals surface area contributed by atoms with Gasteiger partial charge in [0.05, 0.1) is 13.2 Å². The summed E-state index contributed by atoms with van der Waals surface area (Å²) < 4.78 is 18.6. The van der Waals surface area contributed by atoms with E-state index in [1.807, 2.05) is 12.1 Å². The molecule has 2 heterocycles. The van der Waals surface area contributed by atoms with Gasteiger partial charge in [0.25, 0.3) is 0 Å². The number of piperidine rings is 1. The van der Waals surface area contributed by atoms with E-state index in [9.17, 15) is 4.39 Å². The number of benzene rings is 1. The van der Waals surface area contributed by atoms with E-state index in [0.717, 1.165) is 52.2 Å². The van der Waals surface area contributed by atoms with E-state index in [1.165, 1.54) is 5.56 Å². The van der Waals surface area contributed by atoms with Crippen molar-refractivity contribution >= 4 is 0 Å². The molecule has 0 aromatic heterocycles. The number of nitrogens with one attached hydrogen (secondary N) is 1. The quantitative estimate of drug-likeness (QED) is 0.880. The molecule has 2 fully saturated rings. The Morgan fingerprint density at radius 2 is 1.68 bits per heavy atom. The molecule has 2 aliphatic heterocycles. The molecular weight excluding hydrogens is 243 g/mol. The van der Waals surface area contributed by atoms with Gasteiger partial charge in [-0.3, -0.25) is 4.90 Å². The molecule has 0 unspecified atom stereocenters. The molecular formula is C15H21FN2O. The lowest BCUT2D eigenvalue weighted by Gasteiger charge is -2.48. The van der Waals surface area contributed by atoms with Crippen molar-refractivity contribution in [3.8, 4) is 0 Å². The van der Waals surface area contributed by atoms with Gasteiger partial charge in [-0.15, -0.1) is 0 Å². The smallest absolute Gasteiger partial charge is 0.123 e. The molecule has 0 amide bonds. The molecule has 1 N–H and O–H groups in total. The number of hydrogen-bond acceptors (Lipinski definition) is 3. The first-order valence-electron chi connectivity index (χ1n) is 7.11. The van der Waals surface area contributed by atoms with Gasteiger partial charge in [0.1, 0.15) is 5.82 Å². The molecule has 3 rings (SSSR count). The second kappa shape index (κ2) is 5.57. The zero-order chi connectivity index (χ0) is 13.1. The molecule has 4 heteroatoms. The highest BCUT2D eigenvalue weighted by molar-refractivity contribution is 5.26. The van der Waals surface area contributed by atoms with E-state index in [1.54, 1.807) is 12.1 Å². The average molecular weight is 264 g/mol. The fraction of sp³-hybridized carbons (Fsp3) is 0.600. The molecule has 2 aliphatic rings. The van der Waals surface area contributed by atoms with Crippen LogP contribution in [0.15, 0.2) is 24.3 Å². The summed E-state index contributed by atoms with van der Waals surface area (Å²) in [5.74, 6) is -0.158. The first kappa shape index (κ1) is 13.0. The second-order valence-corrected chi connectivity index (χ2v) is 5.39. The summed E-state index contributed by atoms with van der Waals surface area (Å²) >= 11 is 0. The first-order valence-corrected chi connectivity index (χ1v) is 7.11. The fourth-order valence-corrected chi connectivity index (χ4v) is 3.38. The SMILES string of the molecule is Fc1ccc(C2(N3CCOCC3)CCNCC2)cc1. The van der Waals surface area contributed by atoms with E-state index in [4.69, 9.17) is 4.74 Å². The maximum absolute atomic E-state index is 13.2. The highest BCUT2D eigenvalue weighted by Crippen LogP contribution is 2.37. The molecule has 0 bridgehead atoms. The van der Waals surface area contributed by atoms with Crippen molar-refractivity contribution in [3.05, 3.63) is 35.6 Å². The van der Waals surface area contributed by atoms with Crippen LogP contribution in [0.3, 0.4) is 0 Å². The first-order chi connectivity index (χ1) is 9.31. The molecule has 0 aliphatic carbocycles. The van der Waals surface area contributed by atoms with Crippen LogP contribution in [0.1, 0.15) is 18.4 Å². The fourth-order valence-electron chi connectivity index (χ4n) is 3.38. The Hall–Kier alpha value is -0.970. The van der Waals surface area contributed by atoms with Crippen molar-refractivity contribution < 1.29 is 9.13 Å². The van der Waals surface area contributed by atoms with Crippen molar-refractivity contribution in [1.82, 2.24) is 10.2 Å². The third kappa shape index (κ3) is 2.53. The summed E-state index contributed by atoms with van der Waals surface area (Å²) in [6.45, 7) is 5.59. The Morgan fingerprint density at radius 1 is 1.05 bits per heavy atom. The predicted molar refractivity (Wildman–Crippen MR) is 72.6 cm³/mol. The van der Waals surface area contributed by atoms with Gasteiger partial charge in [0, 0.05) is 18.6 Å². The highest BCUT2D eigenvalue weighted by Gasteiger charge is 2.40. The van der Waals surface area contributed by atoms with Gasteiger partial charge < -0.3 is 10.1 Å². The Kier molecular flexibility index (Phi) is 3.82. The second-order valence-electron chi connectivity index (χ2n) is 5.39. The lowest BCUT2D eigenvalue weighted by molar-refractivity contribution is -0.0376. The molecule has 0 radical (unpaired) electrons. The zero-order valence-electron chi connectivity index (χ0n) is 11.2. The molecule has 3 nitrogen and oxygen atoms in total. The van der Waals surface area contributed by atoms with E-state index in [2.05, 4.69) is 10.2 Å². The van der Waals surface area contributed by atoms with Gasteiger partial charge in [0.15, 0.2) is 0 Å². The van der Waals surface area contributed by atoms with Crippen molar-refractivity contribution in [2.75, 3.05) is 39.4 Å². The Balaban J connectivity index is 1.93. The van der Waals surface area contributed by atoms with Crippen LogP contribution in [0, 0.1) is 5.82 Å². The van der Waals surface area contributed by atoms with Crippen molar-refractivity contribution in [1.29, 1.82) is 0 Å². The minimum Gasteiger partial charge on any atom is -0.379 e. The van der Waals surface area contributed by atoms with Crippen LogP contribution in [0.4, 0.5) is 4.39 Å². The Bertz CT molecular complexity index is 409. The van der Waals surface area contributed by atoms with Gasteiger partial charge in [0.2, 0.25) is 0 Å². The van der Waals surface area contributed by atoms with Crippen LogP contribution in [-0.4, -0.2) is 44.3 Å². The van der Waals surface area contributed by atoms with Crippen LogP contribution in [0.2, 0.25) is 0 Å². The zero-order valence-corrected chi connectivity index (χ0v) is 11.2. The van der Waals surface area contributed by atoms with Gasteiger partial charge in [-0.1, -0.05) is 12.1 Å². The maximum atomic E-state index is 13.2. The third-order valence-electron chi connectivity index (χ3n) is 4.43. The van der Waals surface area contributed by atoms with Crippen LogP contribution in [-0.2, 0) is 10.3 Å². The standard InChI is InChI=1S/C15H21FN2O/c16-14-3-1-13(2-4-14)15(5-7-17-8-6-15)18-9-11-19-12-10-18/h1-4,17H,5-12H2. The van der Waals surface area contributed by atoms with Crippen LogP contribution in [0.5, 0.6) is 0 Å². The number of halogens is 1. The lowest BCUT2D eigenvalue weighted by atomic mass is 9.79. The summed E-state index contributed by atoms with van der Waals surface area (Å²) in [5, 5.41) is 3.43. The van der Waals surface area contributed by atoms with Crippen molar-refractivity contribution in [3.63, 3.8) is 0 Å². The van der Waals surface area contributed by atoms with E-state index in [0.29, 0.717) is 0 Å². The van der Waals surface area contributed by atoms with Crippen molar-refractivity contribution in [2.24, 2.45) is 0 Å². The van der Waals surface area contributed by atoms with E-state index >= 15 is 0 Å². The molecule has 0 saturated carbocycles. The predicted octanol–water partition coefficient (Wildman–Crippen LogP) is 1.74. The third-order valence-corrected chi connectivity index (χ3v) is 4.43. The summed E-state index contributed by atoms with van der Waals surface area (Å²) in [4.78, 5) is 2.53. The monoisotopic (exact) mass is 264 g/mol. The number of ether oxygens (including phenoxy) is 1. The Labute approximate surface area is 113 Å². The minimum atomic E-state index is -0.158. The molecule has 19 heavy (non-hydrogen) atoms. The summed E-state index contributed by atoms with van der Waals surface area (Å²) in [7, 11) is 0. The van der Waals surface area contributed by atoms with Gasteiger partial charge in [-0.25, -0.2) is 4.39 Å². The summed E-state index contributed by atoms with van der Waals surface area (Å²) in [6, 6.07) is 7.07. The summed E-state index contributed by atoms with van der Waals surface area (Å²) in [5.41, 5.74) is 1.31. The van der Waals surface area contributed by atoms with E-state index in [-0.39, 0.29) is 11.4 Å². The largest absolute Gasteiger partial charge is 0.379 e. The molecule has 1 aromatic carbocycles. The van der Waals surface area contributed by atoms with E-state index < -0.39 is 0 Å². The molecule has 104 valence electrons. The van der Waals surface area contributed by atoms with Gasteiger partial charge >= 0.3 is 0 Å². The van der Waals surface area contributed by atoms with Crippen LogP contribution < -0.4 is 5.32 Å². The number of rotatable bonds is 2.